The van der Waals surface area contributed by atoms with Crippen LogP contribution in [0.4, 0.5) is 4.39 Å². The van der Waals surface area contributed by atoms with Gasteiger partial charge in [0.15, 0.2) is 6.04 Å². The van der Waals surface area contributed by atoms with Gasteiger partial charge in [0, 0.05) is 5.02 Å². The lowest BCUT2D eigenvalue weighted by atomic mass is 10.0. The fourth-order valence-electron chi connectivity index (χ4n) is 2.30. The van der Waals surface area contributed by atoms with Crippen molar-refractivity contribution in [3.8, 4) is 5.69 Å². The number of amides is 1. The van der Waals surface area contributed by atoms with E-state index in [0.29, 0.717) is 16.4 Å². The molecule has 0 aliphatic rings. The fourth-order valence-corrected chi connectivity index (χ4v) is 2.49. The van der Waals surface area contributed by atoms with Crippen molar-refractivity contribution in [2.45, 2.75) is 25.8 Å². The van der Waals surface area contributed by atoms with Gasteiger partial charge in [0.1, 0.15) is 6.67 Å². The predicted molar refractivity (Wildman–Crippen MR) is 87.5 cm³/mol. The summed E-state index contributed by atoms with van der Waals surface area (Å²) in [6, 6.07) is 5.37. The van der Waals surface area contributed by atoms with Gasteiger partial charge in [-0.2, -0.15) is 5.10 Å². The van der Waals surface area contributed by atoms with Gasteiger partial charge in [0.05, 0.1) is 23.1 Å². The SMILES string of the molecule is CC(C)c1c(C(=O)NC(CF)C(=O)O)cnn1-c1cccc(Cl)c1. The van der Waals surface area contributed by atoms with Gasteiger partial charge in [-0.25, -0.2) is 13.9 Å². The molecule has 2 N–H and O–H groups in total. The Morgan fingerprint density at radius 1 is 1.42 bits per heavy atom. The molecule has 0 spiro atoms. The van der Waals surface area contributed by atoms with E-state index in [0.717, 1.165) is 0 Å². The number of nitrogens with one attached hydrogen (secondary N) is 1. The van der Waals surface area contributed by atoms with Crippen molar-refractivity contribution >= 4 is 23.5 Å². The van der Waals surface area contributed by atoms with Crippen LogP contribution in [-0.2, 0) is 4.79 Å². The summed E-state index contributed by atoms with van der Waals surface area (Å²) in [4.78, 5) is 23.2. The summed E-state index contributed by atoms with van der Waals surface area (Å²) in [5, 5.41) is 15.8. The minimum atomic E-state index is -1.59. The maximum absolute atomic E-state index is 12.7. The Labute approximate surface area is 143 Å². The summed E-state index contributed by atoms with van der Waals surface area (Å²) in [7, 11) is 0. The number of hydrogen-bond acceptors (Lipinski definition) is 3. The van der Waals surface area contributed by atoms with Crippen molar-refractivity contribution in [2.75, 3.05) is 6.67 Å². The Balaban J connectivity index is 2.42. The molecule has 1 aromatic heterocycles. The molecule has 0 radical (unpaired) electrons. The van der Waals surface area contributed by atoms with E-state index < -0.39 is 24.6 Å². The quantitative estimate of drug-likeness (QED) is 0.836. The molecule has 6 nitrogen and oxygen atoms in total. The summed E-state index contributed by atoms with van der Waals surface area (Å²) >= 11 is 5.99. The van der Waals surface area contributed by atoms with E-state index in [1.165, 1.54) is 6.20 Å². The van der Waals surface area contributed by atoms with Crippen molar-refractivity contribution in [3.63, 3.8) is 0 Å². The summed E-state index contributed by atoms with van der Waals surface area (Å²) in [6.07, 6.45) is 1.34. The van der Waals surface area contributed by atoms with E-state index >= 15 is 0 Å². The number of carboxylic acids is 1. The molecule has 0 fully saturated rings. The van der Waals surface area contributed by atoms with Crippen molar-refractivity contribution in [1.82, 2.24) is 15.1 Å². The Morgan fingerprint density at radius 3 is 2.67 bits per heavy atom. The second-order valence-corrected chi connectivity index (χ2v) is 5.94. The van der Waals surface area contributed by atoms with Crippen LogP contribution in [0, 0.1) is 0 Å². The minimum Gasteiger partial charge on any atom is -0.480 e. The summed E-state index contributed by atoms with van der Waals surface area (Å²) in [6.45, 7) is 2.55. The molecule has 2 rings (SSSR count). The van der Waals surface area contributed by atoms with Crippen LogP contribution in [0.2, 0.25) is 5.02 Å². The number of aromatic nitrogens is 2. The van der Waals surface area contributed by atoms with E-state index in [9.17, 15) is 14.0 Å². The van der Waals surface area contributed by atoms with E-state index in [1.54, 1.807) is 28.9 Å². The van der Waals surface area contributed by atoms with Gasteiger partial charge in [-0.05, 0) is 24.1 Å². The second-order valence-electron chi connectivity index (χ2n) is 5.51. The number of nitrogens with zero attached hydrogens (tertiary/aromatic N) is 2. The second kappa shape index (κ2) is 7.44. The van der Waals surface area contributed by atoms with Gasteiger partial charge in [0.25, 0.3) is 5.91 Å². The van der Waals surface area contributed by atoms with E-state index in [-0.39, 0.29) is 11.5 Å². The van der Waals surface area contributed by atoms with Gasteiger partial charge in [0.2, 0.25) is 0 Å². The highest BCUT2D eigenvalue weighted by molar-refractivity contribution is 6.30. The first-order chi connectivity index (χ1) is 11.3. The topological polar surface area (TPSA) is 84.2 Å². The van der Waals surface area contributed by atoms with Crippen LogP contribution < -0.4 is 5.32 Å². The maximum Gasteiger partial charge on any atom is 0.328 e. The van der Waals surface area contributed by atoms with E-state index in [4.69, 9.17) is 16.7 Å². The number of benzene rings is 1. The Hall–Kier alpha value is -2.41. The zero-order chi connectivity index (χ0) is 17.9. The molecule has 8 heteroatoms. The lowest BCUT2D eigenvalue weighted by molar-refractivity contribution is -0.139. The summed E-state index contributed by atoms with van der Waals surface area (Å²) in [5.41, 5.74) is 1.45. The van der Waals surface area contributed by atoms with Crippen LogP contribution in [0.3, 0.4) is 0 Å². The van der Waals surface area contributed by atoms with Gasteiger partial charge in [-0.3, -0.25) is 4.79 Å². The highest BCUT2D eigenvalue weighted by Crippen LogP contribution is 2.24. The first kappa shape index (κ1) is 17.9. The molecule has 1 aromatic carbocycles. The summed E-state index contributed by atoms with van der Waals surface area (Å²) < 4.78 is 14.3. The normalized spacial score (nSPS) is 12.2. The van der Waals surface area contributed by atoms with Crippen LogP contribution >= 0.6 is 11.6 Å². The van der Waals surface area contributed by atoms with E-state index in [2.05, 4.69) is 10.4 Å². The molecule has 0 bridgehead atoms. The summed E-state index contributed by atoms with van der Waals surface area (Å²) in [5.74, 6) is -2.20. The van der Waals surface area contributed by atoms with Crippen molar-refractivity contribution in [3.05, 3.63) is 46.7 Å². The number of aliphatic carboxylic acids is 1. The minimum absolute atomic E-state index is 0.0825. The van der Waals surface area contributed by atoms with Crippen LogP contribution in [-0.4, -0.2) is 39.5 Å². The number of carbonyl (C=O) groups is 2. The molecule has 128 valence electrons. The number of carbonyl (C=O) groups excluding carboxylic acids is 1. The van der Waals surface area contributed by atoms with Crippen molar-refractivity contribution in [1.29, 1.82) is 0 Å². The van der Waals surface area contributed by atoms with Gasteiger partial charge >= 0.3 is 5.97 Å². The van der Waals surface area contributed by atoms with E-state index in [1.807, 2.05) is 13.8 Å². The number of halogens is 2. The Morgan fingerprint density at radius 2 is 2.12 bits per heavy atom. The lowest BCUT2D eigenvalue weighted by Crippen LogP contribution is -2.42. The molecule has 1 unspecified atom stereocenters. The third-order valence-corrected chi connectivity index (χ3v) is 3.64. The number of rotatable bonds is 6. The maximum atomic E-state index is 12.7. The molecule has 0 aliphatic heterocycles. The molecule has 1 atom stereocenters. The zero-order valence-electron chi connectivity index (χ0n) is 13.2. The first-order valence-corrected chi connectivity index (χ1v) is 7.66. The molecule has 1 heterocycles. The average molecular weight is 354 g/mol. The highest BCUT2D eigenvalue weighted by Gasteiger charge is 2.25. The number of alkyl halides is 1. The smallest absolute Gasteiger partial charge is 0.328 e. The Bertz CT molecular complexity index is 761. The monoisotopic (exact) mass is 353 g/mol. The largest absolute Gasteiger partial charge is 0.480 e. The number of hydrogen-bond donors (Lipinski definition) is 2. The molecular formula is C16H17ClFN3O3. The first-order valence-electron chi connectivity index (χ1n) is 7.28. The predicted octanol–water partition coefficient (Wildman–Crippen LogP) is 2.80. The molecule has 1 amide bonds. The molecule has 0 saturated heterocycles. The van der Waals surface area contributed by atoms with Crippen molar-refractivity contribution < 1.29 is 19.1 Å². The molecule has 24 heavy (non-hydrogen) atoms. The Kier molecular flexibility index (Phi) is 5.56. The van der Waals surface area contributed by atoms with Crippen LogP contribution in [0.15, 0.2) is 30.5 Å². The average Bonchev–Trinajstić information content (AvgIpc) is 2.97. The van der Waals surface area contributed by atoms with Gasteiger partial charge in [-0.15, -0.1) is 0 Å². The zero-order valence-corrected chi connectivity index (χ0v) is 13.9. The van der Waals surface area contributed by atoms with Crippen molar-refractivity contribution in [2.24, 2.45) is 0 Å². The highest BCUT2D eigenvalue weighted by atomic mass is 35.5. The third kappa shape index (κ3) is 3.73. The molecule has 0 saturated carbocycles. The van der Waals surface area contributed by atoms with Crippen LogP contribution in [0.1, 0.15) is 35.8 Å². The van der Waals surface area contributed by atoms with Gasteiger partial charge < -0.3 is 10.4 Å². The lowest BCUT2D eigenvalue weighted by Gasteiger charge is -2.14. The third-order valence-electron chi connectivity index (χ3n) is 3.41. The molecule has 2 aromatic rings. The standard InChI is InChI=1S/C16H17ClFN3O3/c1-9(2)14-12(15(22)20-13(7-18)16(23)24)8-19-21(14)11-5-3-4-10(17)6-11/h3-6,8-9,13H,7H2,1-2H3,(H,20,22)(H,23,24). The number of carboxylic acid groups (broad SMARTS) is 1. The van der Waals surface area contributed by atoms with Gasteiger partial charge in [-0.1, -0.05) is 31.5 Å². The van der Waals surface area contributed by atoms with Crippen LogP contribution in [0.25, 0.3) is 5.69 Å². The van der Waals surface area contributed by atoms with Crippen LogP contribution in [0.5, 0.6) is 0 Å². The fraction of sp³-hybridized carbons (Fsp3) is 0.312. The molecule has 0 aliphatic carbocycles. The molecular weight excluding hydrogens is 337 g/mol.